The fourth-order valence-electron chi connectivity index (χ4n) is 3.90. The smallest absolute Gasteiger partial charge is 0.251 e. The van der Waals surface area contributed by atoms with Crippen LogP contribution in [0.25, 0.3) is 0 Å². The van der Waals surface area contributed by atoms with Crippen molar-refractivity contribution in [2.45, 2.75) is 58.4 Å². The summed E-state index contributed by atoms with van der Waals surface area (Å²) in [6.45, 7) is 4.08. The van der Waals surface area contributed by atoms with Gasteiger partial charge in [-0.1, -0.05) is 39.2 Å². The minimum Gasteiger partial charge on any atom is -0.376 e. The van der Waals surface area contributed by atoms with Crippen LogP contribution in [0.1, 0.15) is 62.7 Å². The second kappa shape index (κ2) is 12.0. The highest BCUT2D eigenvalue weighted by molar-refractivity contribution is 5.98. The van der Waals surface area contributed by atoms with E-state index < -0.39 is 0 Å². The van der Waals surface area contributed by atoms with Gasteiger partial charge in [0.25, 0.3) is 5.91 Å². The van der Waals surface area contributed by atoms with Crippen LogP contribution in [-0.4, -0.2) is 30.3 Å². The molecule has 0 spiro atoms. The van der Waals surface area contributed by atoms with E-state index in [4.69, 9.17) is 0 Å². The summed E-state index contributed by atoms with van der Waals surface area (Å²) in [7, 11) is 0. The maximum absolute atomic E-state index is 12.5. The molecule has 0 aromatic heterocycles. The summed E-state index contributed by atoms with van der Waals surface area (Å²) in [6.07, 6.45) is 6.08. The van der Waals surface area contributed by atoms with Crippen molar-refractivity contribution >= 4 is 34.8 Å². The van der Waals surface area contributed by atoms with Crippen molar-refractivity contribution in [1.29, 1.82) is 0 Å². The van der Waals surface area contributed by atoms with Crippen LogP contribution in [0.15, 0.2) is 48.5 Å². The largest absolute Gasteiger partial charge is 0.376 e. The van der Waals surface area contributed by atoms with Gasteiger partial charge in [-0.3, -0.25) is 14.4 Å². The number of carbonyl (C=O) groups excluding carboxylic acids is 3. The Morgan fingerprint density at radius 1 is 0.848 bits per heavy atom. The molecule has 176 valence electrons. The number of anilines is 3. The lowest BCUT2D eigenvalue weighted by Crippen LogP contribution is -2.36. The summed E-state index contributed by atoms with van der Waals surface area (Å²) in [4.78, 5) is 36.8. The van der Waals surface area contributed by atoms with Crippen LogP contribution >= 0.6 is 0 Å². The Balaban J connectivity index is 1.46. The highest BCUT2D eigenvalue weighted by Gasteiger charge is 2.17. The molecule has 3 amide bonds. The van der Waals surface area contributed by atoms with Crippen LogP contribution in [0.4, 0.5) is 17.1 Å². The SMILES string of the molecule is CC(C)CC(=O)Nc1ccc(NCC(=O)Nc2cccc(C(=O)NC3CCCCC3)c2)cc1. The maximum atomic E-state index is 12.5. The van der Waals surface area contributed by atoms with E-state index in [2.05, 4.69) is 21.3 Å². The number of carbonyl (C=O) groups is 3. The Bertz CT molecular complexity index is 950. The molecule has 0 atom stereocenters. The first-order chi connectivity index (χ1) is 15.9. The molecule has 0 aliphatic heterocycles. The van der Waals surface area contributed by atoms with Gasteiger partial charge in [0, 0.05) is 35.1 Å². The van der Waals surface area contributed by atoms with Crippen LogP contribution in [0, 0.1) is 5.92 Å². The summed E-state index contributed by atoms with van der Waals surface area (Å²) in [5.74, 6) is -0.0259. The minimum atomic E-state index is -0.214. The van der Waals surface area contributed by atoms with Crippen LogP contribution in [-0.2, 0) is 9.59 Å². The third kappa shape index (κ3) is 8.25. The Labute approximate surface area is 195 Å². The van der Waals surface area contributed by atoms with Gasteiger partial charge in [0.05, 0.1) is 6.54 Å². The van der Waals surface area contributed by atoms with Crippen molar-refractivity contribution in [3.05, 3.63) is 54.1 Å². The minimum absolute atomic E-state index is 0.0141. The van der Waals surface area contributed by atoms with Gasteiger partial charge in [-0.05, 0) is 61.2 Å². The zero-order valence-corrected chi connectivity index (χ0v) is 19.4. The molecule has 0 unspecified atom stereocenters. The van der Waals surface area contributed by atoms with E-state index in [1.165, 1.54) is 6.42 Å². The fourth-order valence-corrected chi connectivity index (χ4v) is 3.90. The molecule has 7 nitrogen and oxygen atoms in total. The van der Waals surface area contributed by atoms with E-state index in [1.54, 1.807) is 36.4 Å². The van der Waals surface area contributed by atoms with E-state index in [9.17, 15) is 14.4 Å². The van der Waals surface area contributed by atoms with E-state index >= 15 is 0 Å². The zero-order chi connectivity index (χ0) is 23.6. The first-order valence-corrected chi connectivity index (χ1v) is 11.7. The summed E-state index contributed by atoms with van der Waals surface area (Å²) < 4.78 is 0. The van der Waals surface area contributed by atoms with Crippen molar-refractivity contribution in [3.63, 3.8) is 0 Å². The predicted octanol–water partition coefficient (Wildman–Crippen LogP) is 4.78. The van der Waals surface area contributed by atoms with E-state index in [0.29, 0.717) is 23.6 Å². The van der Waals surface area contributed by atoms with Gasteiger partial charge in [-0.2, -0.15) is 0 Å². The number of benzene rings is 2. The monoisotopic (exact) mass is 450 g/mol. The predicted molar refractivity (Wildman–Crippen MR) is 132 cm³/mol. The third-order valence-corrected chi connectivity index (χ3v) is 5.56. The number of hydrogen-bond donors (Lipinski definition) is 4. The quantitative estimate of drug-likeness (QED) is 0.442. The number of nitrogens with one attached hydrogen (secondary N) is 4. The summed E-state index contributed by atoms with van der Waals surface area (Å²) in [6, 6.07) is 14.5. The van der Waals surface area contributed by atoms with E-state index in [0.717, 1.165) is 37.1 Å². The first kappa shape index (κ1) is 24.3. The molecule has 4 N–H and O–H groups in total. The molecule has 7 heteroatoms. The van der Waals surface area contributed by atoms with Crippen LogP contribution in [0.5, 0.6) is 0 Å². The molecule has 0 radical (unpaired) electrons. The van der Waals surface area contributed by atoms with Crippen molar-refractivity contribution in [2.75, 3.05) is 22.5 Å². The molecule has 3 rings (SSSR count). The lowest BCUT2D eigenvalue weighted by molar-refractivity contribution is -0.117. The second-order valence-corrected chi connectivity index (χ2v) is 9.01. The van der Waals surface area contributed by atoms with Crippen LogP contribution in [0.2, 0.25) is 0 Å². The lowest BCUT2D eigenvalue weighted by Gasteiger charge is -2.22. The summed E-state index contributed by atoms with van der Waals surface area (Å²) in [5, 5.41) is 11.9. The van der Waals surface area contributed by atoms with Crippen LogP contribution in [0.3, 0.4) is 0 Å². The lowest BCUT2D eigenvalue weighted by atomic mass is 9.95. The molecule has 2 aromatic rings. The molecule has 0 bridgehead atoms. The Morgan fingerprint density at radius 3 is 2.21 bits per heavy atom. The summed E-state index contributed by atoms with van der Waals surface area (Å²) in [5.41, 5.74) is 2.62. The average molecular weight is 451 g/mol. The third-order valence-electron chi connectivity index (χ3n) is 5.56. The molecular weight excluding hydrogens is 416 g/mol. The van der Waals surface area contributed by atoms with Gasteiger partial charge < -0.3 is 21.3 Å². The molecule has 1 aliphatic carbocycles. The summed E-state index contributed by atoms with van der Waals surface area (Å²) >= 11 is 0. The van der Waals surface area contributed by atoms with Gasteiger partial charge >= 0.3 is 0 Å². The number of amides is 3. The zero-order valence-electron chi connectivity index (χ0n) is 19.4. The molecule has 0 heterocycles. The normalized spacial score (nSPS) is 13.9. The molecular formula is C26H34N4O3. The van der Waals surface area contributed by atoms with Gasteiger partial charge in [0.15, 0.2) is 0 Å². The Morgan fingerprint density at radius 2 is 1.52 bits per heavy atom. The van der Waals surface area contributed by atoms with Gasteiger partial charge in [0.2, 0.25) is 11.8 Å². The van der Waals surface area contributed by atoms with E-state index in [-0.39, 0.29) is 30.3 Å². The molecule has 1 fully saturated rings. The highest BCUT2D eigenvalue weighted by Crippen LogP contribution is 2.19. The molecule has 1 saturated carbocycles. The van der Waals surface area contributed by atoms with Gasteiger partial charge in [-0.25, -0.2) is 0 Å². The van der Waals surface area contributed by atoms with Crippen molar-refractivity contribution < 1.29 is 14.4 Å². The average Bonchev–Trinajstić information content (AvgIpc) is 2.79. The van der Waals surface area contributed by atoms with Crippen molar-refractivity contribution in [1.82, 2.24) is 5.32 Å². The first-order valence-electron chi connectivity index (χ1n) is 11.7. The molecule has 0 saturated heterocycles. The Hall–Kier alpha value is -3.35. The van der Waals surface area contributed by atoms with Crippen LogP contribution < -0.4 is 21.3 Å². The standard InChI is InChI=1S/C26H34N4O3/c1-18(2)15-24(31)28-22-13-11-20(12-14-22)27-17-25(32)29-23-10-6-7-19(16-23)26(33)30-21-8-4-3-5-9-21/h6-7,10-14,16,18,21,27H,3-5,8-9,15,17H2,1-2H3,(H,28,31)(H,29,32)(H,30,33). The fraction of sp³-hybridized carbons (Fsp3) is 0.423. The topological polar surface area (TPSA) is 99.3 Å². The Kier molecular flexibility index (Phi) is 8.87. The number of rotatable bonds is 9. The second-order valence-electron chi connectivity index (χ2n) is 9.01. The molecule has 33 heavy (non-hydrogen) atoms. The van der Waals surface area contributed by atoms with Gasteiger partial charge in [0.1, 0.15) is 0 Å². The van der Waals surface area contributed by atoms with Crippen molar-refractivity contribution in [2.24, 2.45) is 5.92 Å². The number of hydrogen-bond acceptors (Lipinski definition) is 4. The van der Waals surface area contributed by atoms with Crippen molar-refractivity contribution in [3.8, 4) is 0 Å². The molecule has 1 aliphatic rings. The molecule has 2 aromatic carbocycles. The maximum Gasteiger partial charge on any atom is 0.251 e. The highest BCUT2D eigenvalue weighted by atomic mass is 16.2. The van der Waals surface area contributed by atoms with E-state index in [1.807, 2.05) is 26.0 Å². The van der Waals surface area contributed by atoms with Gasteiger partial charge in [-0.15, -0.1) is 0 Å².